The highest BCUT2D eigenvalue weighted by Crippen LogP contribution is 2.36. The standard InChI is InChI=1S/C19H19ClN2O4S/c1-19(2,3)26-17(23)21-12-8-11(20)9-13(10-12)25-18-22-16-14(24-4)6-5-7-15(16)27-18/h5-10H,1-4H3,(H,21,23). The third-order valence-electron chi connectivity index (χ3n) is 3.30. The van der Waals surface area contributed by atoms with Crippen LogP contribution in [-0.2, 0) is 4.74 Å². The number of rotatable bonds is 4. The number of carbonyl (C=O) groups is 1. The first-order valence-electron chi connectivity index (χ1n) is 8.15. The molecule has 0 aliphatic carbocycles. The van der Waals surface area contributed by atoms with Gasteiger partial charge in [-0.1, -0.05) is 29.0 Å². The van der Waals surface area contributed by atoms with Crippen molar-refractivity contribution < 1.29 is 19.0 Å². The van der Waals surface area contributed by atoms with E-state index >= 15 is 0 Å². The lowest BCUT2D eigenvalue weighted by atomic mass is 10.2. The topological polar surface area (TPSA) is 69.7 Å². The first-order chi connectivity index (χ1) is 12.7. The highest BCUT2D eigenvalue weighted by atomic mass is 35.5. The Hall–Kier alpha value is -2.51. The van der Waals surface area contributed by atoms with Gasteiger partial charge in [0.15, 0.2) is 0 Å². The van der Waals surface area contributed by atoms with Crippen molar-refractivity contribution in [2.24, 2.45) is 0 Å². The molecule has 0 fully saturated rings. The maximum atomic E-state index is 12.0. The van der Waals surface area contributed by atoms with Gasteiger partial charge in [0.25, 0.3) is 5.19 Å². The normalized spacial score (nSPS) is 11.3. The number of ether oxygens (including phenoxy) is 3. The zero-order valence-corrected chi connectivity index (χ0v) is 16.9. The number of benzene rings is 2. The van der Waals surface area contributed by atoms with Crippen molar-refractivity contribution in [2.75, 3.05) is 12.4 Å². The van der Waals surface area contributed by atoms with Gasteiger partial charge in [0.1, 0.15) is 22.6 Å². The molecule has 0 spiro atoms. The lowest BCUT2D eigenvalue weighted by molar-refractivity contribution is 0.0636. The molecule has 0 radical (unpaired) electrons. The molecule has 1 amide bonds. The number of nitrogens with zero attached hydrogens (tertiary/aromatic N) is 1. The molecule has 1 aromatic heterocycles. The number of para-hydroxylation sites is 1. The molecule has 1 heterocycles. The summed E-state index contributed by atoms with van der Waals surface area (Å²) in [4.78, 5) is 16.4. The summed E-state index contributed by atoms with van der Waals surface area (Å²) in [6.45, 7) is 5.38. The van der Waals surface area contributed by atoms with Gasteiger partial charge in [-0.25, -0.2) is 4.79 Å². The summed E-state index contributed by atoms with van der Waals surface area (Å²) in [7, 11) is 1.60. The predicted molar refractivity (Wildman–Crippen MR) is 108 cm³/mol. The van der Waals surface area contributed by atoms with E-state index in [1.807, 2.05) is 18.2 Å². The molecular formula is C19H19ClN2O4S. The molecule has 8 heteroatoms. The molecule has 0 atom stereocenters. The minimum absolute atomic E-state index is 0.414. The van der Waals surface area contributed by atoms with Crippen molar-refractivity contribution in [3.05, 3.63) is 41.4 Å². The van der Waals surface area contributed by atoms with Crippen molar-refractivity contribution in [2.45, 2.75) is 26.4 Å². The largest absolute Gasteiger partial charge is 0.494 e. The second kappa shape index (κ2) is 7.62. The second-order valence-electron chi connectivity index (χ2n) is 6.69. The van der Waals surface area contributed by atoms with Crippen molar-refractivity contribution in [1.82, 2.24) is 4.98 Å². The molecule has 0 aliphatic rings. The van der Waals surface area contributed by atoms with Crippen LogP contribution in [0.1, 0.15) is 20.8 Å². The summed E-state index contributed by atoms with van der Waals surface area (Å²) in [5, 5.41) is 3.51. The van der Waals surface area contributed by atoms with Crippen LogP contribution in [0.5, 0.6) is 16.7 Å². The molecule has 142 valence electrons. The summed E-state index contributed by atoms with van der Waals surface area (Å²) in [5.41, 5.74) is 0.599. The molecule has 3 rings (SSSR count). The van der Waals surface area contributed by atoms with Crippen LogP contribution < -0.4 is 14.8 Å². The van der Waals surface area contributed by atoms with E-state index in [0.29, 0.717) is 27.4 Å². The van der Waals surface area contributed by atoms with E-state index < -0.39 is 11.7 Å². The Morgan fingerprint density at radius 2 is 2.00 bits per heavy atom. The SMILES string of the molecule is COc1cccc2sc(Oc3cc(Cl)cc(NC(=O)OC(C)(C)C)c3)nc12. The van der Waals surface area contributed by atoms with Crippen LogP contribution in [0.25, 0.3) is 10.2 Å². The minimum atomic E-state index is -0.595. The fourth-order valence-corrected chi connectivity index (χ4v) is 3.40. The van der Waals surface area contributed by atoms with Gasteiger partial charge in [-0.15, -0.1) is 0 Å². The van der Waals surface area contributed by atoms with E-state index in [0.717, 1.165) is 10.2 Å². The summed E-state index contributed by atoms with van der Waals surface area (Å²) in [6.07, 6.45) is -0.569. The van der Waals surface area contributed by atoms with Crippen LogP contribution in [0.15, 0.2) is 36.4 Å². The molecule has 27 heavy (non-hydrogen) atoms. The highest BCUT2D eigenvalue weighted by molar-refractivity contribution is 7.20. The van der Waals surface area contributed by atoms with Crippen LogP contribution in [0, 0.1) is 0 Å². The molecular weight excluding hydrogens is 388 g/mol. The quantitative estimate of drug-likeness (QED) is 0.567. The zero-order chi connectivity index (χ0) is 19.6. The second-order valence-corrected chi connectivity index (χ2v) is 8.12. The van der Waals surface area contributed by atoms with Gasteiger partial charge in [0, 0.05) is 16.8 Å². The van der Waals surface area contributed by atoms with Crippen molar-refractivity contribution in [1.29, 1.82) is 0 Å². The van der Waals surface area contributed by atoms with E-state index in [1.165, 1.54) is 11.3 Å². The number of hydrogen-bond donors (Lipinski definition) is 1. The number of hydrogen-bond acceptors (Lipinski definition) is 6. The molecule has 0 saturated carbocycles. The lowest BCUT2D eigenvalue weighted by Crippen LogP contribution is -2.27. The third kappa shape index (κ3) is 5.02. The third-order valence-corrected chi connectivity index (χ3v) is 4.42. The lowest BCUT2D eigenvalue weighted by Gasteiger charge is -2.19. The number of fused-ring (bicyclic) bond motifs is 1. The van der Waals surface area contributed by atoms with E-state index in [1.54, 1.807) is 46.1 Å². The monoisotopic (exact) mass is 406 g/mol. The van der Waals surface area contributed by atoms with Gasteiger partial charge in [-0.2, -0.15) is 4.98 Å². The van der Waals surface area contributed by atoms with Crippen LogP contribution >= 0.6 is 22.9 Å². The summed E-state index contributed by atoms with van der Waals surface area (Å²) >= 11 is 7.54. The highest BCUT2D eigenvalue weighted by Gasteiger charge is 2.17. The molecule has 3 aromatic rings. The van der Waals surface area contributed by atoms with Crippen molar-refractivity contribution >= 4 is 44.9 Å². The fraction of sp³-hybridized carbons (Fsp3) is 0.263. The zero-order valence-electron chi connectivity index (χ0n) is 15.3. The van der Waals surface area contributed by atoms with Crippen molar-refractivity contribution in [3.63, 3.8) is 0 Å². The first kappa shape index (κ1) is 19.3. The number of carbonyl (C=O) groups excluding carboxylic acids is 1. The van der Waals surface area contributed by atoms with Gasteiger partial charge >= 0.3 is 6.09 Å². The number of thiazole rings is 1. The Morgan fingerprint density at radius 1 is 1.22 bits per heavy atom. The molecule has 0 aliphatic heterocycles. The number of nitrogens with one attached hydrogen (secondary N) is 1. The van der Waals surface area contributed by atoms with Crippen LogP contribution in [0.3, 0.4) is 0 Å². The fourth-order valence-electron chi connectivity index (χ4n) is 2.33. The predicted octanol–water partition coefficient (Wildman–Crippen LogP) is 6.10. The Kier molecular flexibility index (Phi) is 5.43. The molecule has 0 unspecified atom stereocenters. The number of aromatic nitrogens is 1. The average Bonchev–Trinajstić information content (AvgIpc) is 2.94. The van der Waals surface area contributed by atoms with Crippen LogP contribution in [0.4, 0.5) is 10.5 Å². The molecule has 1 N–H and O–H groups in total. The van der Waals surface area contributed by atoms with Gasteiger partial charge in [0.05, 0.1) is 11.8 Å². The number of halogens is 1. The average molecular weight is 407 g/mol. The van der Waals surface area contributed by atoms with Crippen LogP contribution in [-0.4, -0.2) is 23.8 Å². The summed E-state index contributed by atoms with van der Waals surface area (Å²) in [6, 6.07) is 10.6. The van der Waals surface area contributed by atoms with Gasteiger partial charge in [-0.05, 0) is 45.0 Å². The number of methoxy groups -OCH3 is 1. The Balaban J connectivity index is 1.81. The van der Waals surface area contributed by atoms with Crippen molar-refractivity contribution in [3.8, 4) is 16.7 Å². The smallest absolute Gasteiger partial charge is 0.412 e. The van der Waals surface area contributed by atoms with E-state index in [9.17, 15) is 4.79 Å². The Labute approximate surface area is 166 Å². The minimum Gasteiger partial charge on any atom is -0.494 e. The summed E-state index contributed by atoms with van der Waals surface area (Å²) < 4.78 is 17.4. The van der Waals surface area contributed by atoms with E-state index in [4.69, 9.17) is 25.8 Å². The maximum absolute atomic E-state index is 12.0. The Morgan fingerprint density at radius 3 is 2.70 bits per heavy atom. The van der Waals surface area contributed by atoms with Gasteiger partial charge in [0.2, 0.25) is 0 Å². The number of amides is 1. The maximum Gasteiger partial charge on any atom is 0.412 e. The van der Waals surface area contributed by atoms with Gasteiger partial charge in [-0.3, -0.25) is 5.32 Å². The van der Waals surface area contributed by atoms with Gasteiger partial charge < -0.3 is 14.2 Å². The molecule has 0 bridgehead atoms. The molecule has 0 saturated heterocycles. The molecule has 6 nitrogen and oxygen atoms in total. The Bertz CT molecular complexity index is 981. The first-order valence-corrected chi connectivity index (χ1v) is 9.35. The molecule has 2 aromatic carbocycles. The van der Waals surface area contributed by atoms with Crippen LogP contribution in [0.2, 0.25) is 5.02 Å². The number of anilines is 1. The van der Waals surface area contributed by atoms with E-state index in [-0.39, 0.29) is 0 Å². The van der Waals surface area contributed by atoms with E-state index in [2.05, 4.69) is 10.3 Å². The summed E-state index contributed by atoms with van der Waals surface area (Å²) in [5.74, 6) is 1.13.